The highest BCUT2D eigenvalue weighted by Gasteiger charge is 2.21. The van der Waals surface area contributed by atoms with Gasteiger partial charge in [0.2, 0.25) is 0 Å². The Morgan fingerprint density at radius 2 is 1.82 bits per heavy atom. The van der Waals surface area contributed by atoms with E-state index in [1.165, 1.54) is 0 Å². The Bertz CT molecular complexity index is 258. The number of rotatable bonds is 5. The fourth-order valence-electron chi connectivity index (χ4n) is 1.18. The predicted molar refractivity (Wildman–Crippen MR) is 64.7 cm³/mol. The van der Waals surface area contributed by atoms with Gasteiger partial charge in [0, 0.05) is 6.54 Å². The summed E-state index contributed by atoms with van der Waals surface area (Å²) in [5.41, 5.74) is -0.532. The van der Waals surface area contributed by atoms with E-state index in [9.17, 15) is 9.59 Å². The molecule has 0 aromatic rings. The van der Waals surface area contributed by atoms with Gasteiger partial charge in [-0.1, -0.05) is 6.92 Å². The Morgan fingerprint density at radius 1 is 1.24 bits per heavy atom. The second-order valence-electron chi connectivity index (χ2n) is 4.74. The molecule has 0 aromatic heterocycles. The van der Waals surface area contributed by atoms with Crippen LogP contribution in [0, 0.1) is 5.92 Å². The molecule has 1 atom stereocenters. The minimum atomic E-state index is -0.532. The van der Waals surface area contributed by atoms with Gasteiger partial charge in [0.1, 0.15) is 5.60 Å². The van der Waals surface area contributed by atoms with Crippen LogP contribution in [0.5, 0.6) is 0 Å². The largest absolute Gasteiger partial charge is 0.466 e. The molecule has 0 fully saturated rings. The van der Waals surface area contributed by atoms with Crippen LogP contribution in [0.3, 0.4) is 0 Å². The highest BCUT2D eigenvalue weighted by molar-refractivity contribution is 5.74. The number of amides is 1. The molecule has 17 heavy (non-hydrogen) atoms. The summed E-state index contributed by atoms with van der Waals surface area (Å²) >= 11 is 0. The van der Waals surface area contributed by atoms with E-state index in [0.717, 1.165) is 0 Å². The molecule has 0 aliphatic carbocycles. The van der Waals surface area contributed by atoms with Crippen LogP contribution >= 0.6 is 0 Å². The Labute approximate surface area is 103 Å². The van der Waals surface area contributed by atoms with Crippen molar-refractivity contribution < 1.29 is 19.1 Å². The van der Waals surface area contributed by atoms with Gasteiger partial charge >= 0.3 is 12.1 Å². The molecule has 0 aliphatic heterocycles. The van der Waals surface area contributed by atoms with Crippen molar-refractivity contribution in [2.24, 2.45) is 5.92 Å². The van der Waals surface area contributed by atoms with Gasteiger partial charge in [-0.3, -0.25) is 4.79 Å². The van der Waals surface area contributed by atoms with Crippen LogP contribution in [0.25, 0.3) is 0 Å². The van der Waals surface area contributed by atoms with E-state index in [0.29, 0.717) is 13.0 Å². The molecular formula is C12H23NO4. The Hall–Kier alpha value is -1.26. The quantitative estimate of drug-likeness (QED) is 0.753. The summed E-state index contributed by atoms with van der Waals surface area (Å²) in [6, 6.07) is 0. The van der Waals surface area contributed by atoms with Gasteiger partial charge in [0.25, 0.3) is 0 Å². The zero-order valence-corrected chi connectivity index (χ0v) is 11.3. The minimum absolute atomic E-state index is 0.240. The van der Waals surface area contributed by atoms with Crippen molar-refractivity contribution in [1.82, 2.24) is 5.32 Å². The lowest BCUT2D eigenvalue weighted by Gasteiger charge is -2.21. The Kier molecular flexibility index (Phi) is 6.61. The van der Waals surface area contributed by atoms with Crippen LogP contribution in [0.15, 0.2) is 0 Å². The van der Waals surface area contributed by atoms with Crippen molar-refractivity contribution in [3.8, 4) is 0 Å². The van der Waals surface area contributed by atoms with Crippen molar-refractivity contribution in [3.63, 3.8) is 0 Å². The minimum Gasteiger partial charge on any atom is -0.466 e. The van der Waals surface area contributed by atoms with Crippen LogP contribution in [0.4, 0.5) is 4.79 Å². The molecule has 5 heteroatoms. The maximum Gasteiger partial charge on any atom is 0.407 e. The van der Waals surface area contributed by atoms with E-state index in [2.05, 4.69) is 5.32 Å². The van der Waals surface area contributed by atoms with E-state index in [4.69, 9.17) is 9.47 Å². The lowest BCUT2D eigenvalue weighted by atomic mass is 10.1. The smallest absolute Gasteiger partial charge is 0.407 e. The van der Waals surface area contributed by atoms with Gasteiger partial charge < -0.3 is 14.8 Å². The standard InChI is InChI=1S/C12H23NO4/c1-6-9(10(14)16-7-2)8-13-11(15)17-12(3,4)5/h9H,6-8H2,1-5H3,(H,13,15). The van der Waals surface area contributed by atoms with Crippen LogP contribution in [0.2, 0.25) is 0 Å². The van der Waals surface area contributed by atoms with Crippen LogP contribution in [-0.4, -0.2) is 30.8 Å². The fourth-order valence-corrected chi connectivity index (χ4v) is 1.18. The fraction of sp³-hybridized carbons (Fsp3) is 0.833. The second kappa shape index (κ2) is 7.14. The predicted octanol–water partition coefficient (Wildman–Crippen LogP) is 2.10. The Morgan fingerprint density at radius 3 is 2.24 bits per heavy atom. The first-order valence-corrected chi connectivity index (χ1v) is 5.93. The van der Waals surface area contributed by atoms with Crippen molar-refractivity contribution in [2.75, 3.05) is 13.2 Å². The monoisotopic (exact) mass is 245 g/mol. The molecule has 0 aromatic carbocycles. The van der Waals surface area contributed by atoms with Crippen LogP contribution in [-0.2, 0) is 14.3 Å². The van der Waals surface area contributed by atoms with E-state index in [1.54, 1.807) is 27.7 Å². The number of nitrogens with one attached hydrogen (secondary N) is 1. The number of carbonyl (C=O) groups is 2. The zero-order chi connectivity index (χ0) is 13.5. The van der Waals surface area contributed by atoms with Gasteiger partial charge in [-0.05, 0) is 34.1 Å². The summed E-state index contributed by atoms with van der Waals surface area (Å²) in [5.74, 6) is -0.603. The van der Waals surface area contributed by atoms with Gasteiger partial charge in [0.15, 0.2) is 0 Å². The first-order chi connectivity index (χ1) is 7.80. The lowest BCUT2D eigenvalue weighted by molar-refractivity contribution is -0.147. The average Bonchev–Trinajstić information content (AvgIpc) is 2.16. The summed E-state index contributed by atoms with van der Waals surface area (Å²) in [4.78, 5) is 22.8. The van der Waals surface area contributed by atoms with E-state index in [-0.39, 0.29) is 18.4 Å². The molecule has 0 heterocycles. The maximum atomic E-state index is 11.5. The molecule has 0 aliphatic rings. The normalized spacial score (nSPS) is 12.8. The molecule has 0 spiro atoms. The number of esters is 1. The maximum absolute atomic E-state index is 11.5. The number of hydrogen-bond acceptors (Lipinski definition) is 4. The highest BCUT2D eigenvalue weighted by Crippen LogP contribution is 2.08. The molecule has 0 rings (SSSR count). The van der Waals surface area contributed by atoms with Gasteiger partial charge in [-0.25, -0.2) is 4.79 Å². The van der Waals surface area contributed by atoms with E-state index < -0.39 is 11.7 Å². The number of ether oxygens (including phenoxy) is 2. The molecule has 0 bridgehead atoms. The average molecular weight is 245 g/mol. The lowest BCUT2D eigenvalue weighted by Crippen LogP contribution is -2.37. The van der Waals surface area contributed by atoms with Crippen LogP contribution < -0.4 is 5.32 Å². The van der Waals surface area contributed by atoms with Gasteiger partial charge in [-0.15, -0.1) is 0 Å². The summed E-state index contributed by atoms with van der Waals surface area (Å²) in [6.45, 7) is 9.58. The number of carbonyl (C=O) groups excluding carboxylic acids is 2. The summed E-state index contributed by atoms with van der Waals surface area (Å²) < 4.78 is 9.97. The van der Waals surface area contributed by atoms with Crippen molar-refractivity contribution in [2.45, 2.75) is 46.6 Å². The van der Waals surface area contributed by atoms with Crippen molar-refractivity contribution in [3.05, 3.63) is 0 Å². The second-order valence-corrected chi connectivity index (χ2v) is 4.74. The molecule has 0 radical (unpaired) electrons. The third kappa shape index (κ3) is 7.60. The SMILES string of the molecule is CCOC(=O)C(CC)CNC(=O)OC(C)(C)C. The first kappa shape index (κ1) is 15.7. The molecule has 5 nitrogen and oxygen atoms in total. The van der Waals surface area contributed by atoms with Crippen LogP contribution in [0.1, 0.15) is 41.0 Å². The summed E-state index contributed by atoms with van der Waals surface area (Å²) in [6.07, 6.45) is 0.106. The Balaban J connectivity index is 4.07. The number of alkyl carbamates (subject to hydrolysis) is 1. The first-order valence-electron chi connectivity index (χ1n) is 5.93. The molecule has 100 valence electrons. The van der Waals surface area contributed by atoms with E-state index >= 15 is 0 Å². The van der Waals surface area contributed by atoms with Gasteiger partial charge in [0.05, 0.1) is 12.5 Å². The highest BCUT2D eigenvalue weighted by atomic mass is 16.6. The molecule has 1 amide bonds. The topological polar surface area (TPSA) is 64.6 Å². The van der Waals surface area contributed by atoms with Gasteiger partial charge in [-0.2, -0.15) is 0 Å². The third-order valence-electron chi connectivity index (χ3n) is 2.00. The van der Waals surface area contributed by atoms with Crippen molar-refractivity contribution >= 4 is 12.1 Å². The summed E-state index contributed by atoms with van der Waals surface area (Å²) in [7, 11) is 0. The zero-order valence-electron chi connectivity index (χ0n) is 11.3. The summed E-state index contributed by atoms with van der Waals surface area (Å²) in [5, 5.41) is 2.57. The van der Waals surface area contributed by atoms with Crippen molar-refractivity contribution in [1.29, 1.82) is 0 Å². The third-order valence-corrected chi connectivity index (χ3v) is 2.00. The molecule has 0 saturated carbocycles. The molecule has 1 unspecified atom stereocenters. The number of hydrogen-bond donors (Lipinski definition) is 1. The van der Waals surface area contributed by atoms with E-state index in [1.807, 2.05) is 6.92 Å². The molecule has 0 saturated heterocycles. The molecule has 1 N–H and O–H groups in total. The molecular weight excluding hydrogens is 222 g/mol.